The number of rotatable bonds is 6. The van der Waals surface area contributed by atoms with Gasteiger partial charge < -0.3 is 0 Å². The van der Waals surface area contributed by atoms with Gasteiger partial charge in [0.2, 0.25) is 11.2 Å². The van der Waals surface area contributed by atoms with Crippen molar-refractivity contribution < 1.29 is 0 Å². The molecule has 0 bridgehead atoms. The molecule has 7 nitrogen and oxygen atoms in total. The summed E-state index contributed by atoms with van der Waals surface area (Å²) in [4.78, 5) is 31.1. The zero-order valence-electron chi connectivity index (χ0n) is 31.2. The monoisotopic (exact) mass is 795 g/mol. The number of halogens is 1. The molecular weight excluding hydrogens is 766 g/mol. The van der Waals surface area contributed by atoms with E-state index in [2.05, 4.69) is 93.4 Å². The Bertz CT molecular complexity index is 3180. The normalized spacial score (nSPS) is 12.0. The minimum absolute atomic E-state index is 0.163. The van der Waals surface area contributed by atoms with Crippen molar-refractivity contribution in [1.29, 1.82) is 0 Å². The number of hydrogen-bond acceptors (Lipinski definition) is 7. The van der Waals surface area contributed by atoms with E-state index in [9.17, 15) is 0 Å². The molecule has 0 spiro atoms. The largest absolute Gasteiger partial charge is 0.278 e. The molecule has 3 aromatic heterocycles. The summed E-state index contributed by atoms with van der Waals surface area (Å²) in [6.45, 7) is 0. The van der Waals surface area contributed by atoms with Gasteiger partial charge in [0.15, 0.2) is 23.3 Å². The first kappa shape index (κ1) is 34.9. The second kappa shape index (κ2) is 14.6. The van der Waals surface area contributed by atoms with Gasteiger partial charge in [0.05, 0.1) is 11.0 Å². The lowest BCUT2D eigenvalue weighted by Gasteiger charge is -2.12. The van der Waals surface area contributed by atoms with Gasteiger partial charge >= 0.3 is 0 Å². The molecule has 0 amide bonds. The van der Waals surface area contributed by atoms with Gasteiger partial charge in [-0.3, -0.25) is 4.57 Å². The summed E-state index contributed by atoms with van der Waals surface area (Å²) in [5, 5.41) is 2.45. The van der Waals surface area contributed by atoms with Crippen molar-refractivity contribution in [3.05, 3.63) is 186 Å². The Morgan fingerprint density at radius 3 is 1.54 bits per heavy atom. The zero-order valence-corrected chi connectivity index (χ0v) is 32.8. The molecule has 59 heavy (non-hydrogen) atoms. The summed E-state index contributed by atoms with van der Waals surface area (Å²) in [6.07, 6.45) is 4.49. The van der Waals surface area contributed by atoms with Crippen molar-refractivity contribution in [3.8, 4) is 62.6 Å². The molecule has 0 aliphatic carbocycles. The molecule has 0 fully saturated rings. The smallest absolute Gasteiger partial charge is 0.238 e. The Balaban J connectivity index is 0.978. The molecule has 278 valence electrons. The highest BCUT2D eigenvalue weighted by Crippen LogP contribution is 2.44. The second-order valence-electron chi connectivity index (χ2n) is 14.1. The molecule has 10 aromatic rings. The van der Waals surface area contributed by atoms with E-state index in [0.29, 0.717) is 29.2 Å². The maximum absolute atomic E-state index is 6.36. The van der Waals surface area contributed by atoms with Crippen molar-refractivity contribution in [2.24, 2.45) is 0 Å². The summed E-state index contributed by atoms with van der Waals surface area (Å²) >= 11 is 8.14. The SMILES string of the molecule is Clc1nc(-c2ccccc2)nc(-c2ccc(-c3ccc4c(c3)C=Cc3c(ccc5c3c3ccccc3n5-c3nc(-c5ccccc5)nc(-c5ccccc5)n3)S4)cc2)n1. The Kier molecular flexibility index (Phi) is 8.65. The fourth-order valence-corrected chi connectivity index (χ4v) is 8.88. The summed E-state index contributed by atoms with van der Waals surface area (Å²) in [7, 11) is 0. The van der Waals surface area contributed by atoms with Gasteiger partial charge in [-0.25, -0.2) is 9.97 Å². The molecule has 0 saturated carbocycles. The van der Waals surface area contributed by atoms with E-state index >= 15 is 0 Å². The minimum atomic E-state index is 0.163. The van der Waals surface area contributed by atoms with E-state index in [4.69, 9.17) is 31.5 Å². The van der Waals surface area contributed by atoms with Crippen LogP contribution in [0.3, 0.4) is 0 Å². The molecule has 0 unspecified atom stereocenters. The third-order valence-electron chi connectivity index (χ3n) is 10.5. The Morgan fingerprint density at radius 2 is 0.915 bits per heavy atom. The Labute approximate surface area is 348 Å². The van der Waals surface area contributed by atoms with E-state index in [1.165, 1.54) is 9.79 Å². The molecule has 1 aliphatic heterocycles. The molecule has 0 saturated heterocycles. The van der Waals surface area contributed by atoms with E-state index in [-0.39, 0.29) is 5.28 Å². The quantitative estimate of drug-likeness (QED) is 0.166. The summed E-state index contributed by atoms with van der Waals surface area (Å²) in [6, 6.07) is 57.8. The van der Waals surface area contributed by atoms with Gasteiger partial charge in [-0.15, -0.1) is 0 Å². The molecular formula is C50H30ClN7S. The molecule has 0 radical (unpaired) electrons. The minimum Gasteiger partial charge on any atom is -0.278 e. The zero-order chi connectivity index (χ0) is 39.3. The third-order valence-corrected chi connectivity index (χ3v) is 11.8. The number of aromatic nitrogens is 7. The summed E-state index contributed by atoms with van der Waals surface area (Å²) in [5.41, 5.74) is 10.2. The van der Waals surface area contributed by atoms with Crippen LogP contribution in [-0.2, 0) is 0 Å². The van der Waals surface area contributed by atoms with E-state index in [1.807, 2.05) is 103 Å². The van der Waals surface area contributed by atoms with Crippen LogP contribution in [0.15, 0.2) is 180 Å². The first-order chi connectivity index (χ1) is 29.1. The predicted octanol–water partition coefficient (Wildman–Crippen LogP) is 12.8. The summed E-state index contributed by atoms with van der Waals surface area (Å²) in [5.74, 6) is 2.90. The Hall–Kier alpha value is -7.26. The highest BCUT2D eigenvalue weighted by Gasteiger charge is 2.22. The van der Waals surface area contributed by atoms with Gasteiger partial charge in [0.1, 0.15) is 0 Å². The van der Waals surface area contributed by atoms with E-state index < -0.39 is 0 Å². The molecule has 11 rings (SSSR count). The van der Waals surface area contributed by atoms with Crippen LogP contribution in [0.4, 0.5) is 0 Å². The lowest BCUT2D eigenvalue weighted by atomic mass is 10.0. The number of benzene rings is 7. The summed E-state index contributed by atoms with van der Waals surface area (Å²) < 4.78 is 2.18. The average molecular weight is 796 g/mol. The van der Waals surface area contributed by atoms with Gasteiger partial charge in [0.25, 0.3) is 0 Å². The van der Waals surface area contributed by atoms with E-state index in [1.54, 1.807) is 11.8 Å². The second-order valence-corrected chi connectivity index (χ2v) is 15.5. The number of nitrogens with zero attached hydrogens (tertiary/aromatic N) is 7. The van der Waals surface area contributed by atoms with Gasteiger partial charge in [-0.2, -0.15) is 19.9 Å². The van der Waals surface area contributed by atoms with Crippen molar-refractivity contribution >= 4 is 57.3 Å². The van der Waals surface area contributed by atoms with Gasteiger partial charge in [-0.05, 0) is 64.2 Å². The van der Waals surface area contributed by atoms with Crippen molar-refractivity contribution in [3.63, 3.8) is 0 Å². The van der Waals surface area contributed by atoms with Crippen LogP contribution in [0, 0.1) is 0 Å². The van der Waals surface area contributed by atoms with Crippen LogP contribution in [-0.4, -0.2) is 34.5 Å². The van der Waals surface area contributed by atoms with Crippen LogP contribution in [0.5, 0.6) is 0 Å². The predicted molar refractivity (Wildman–Crippen MR) is 239 cm³/mol. The fraction of sp³-hybridized carbons (Fsp3) is 0. The lowest BCUT2D eigenvalue weighted by molar-refractivity contribution is 0.953. The van der Waals surface area contributed by atoms with Crippen molar-refractivity contribution in [2.75, 3.05) is 0 Å². The molecule has 0 N–H and O–H groups in total. The Morgan fingerprint density at radius 1 is 0.407 bits per heavy atom. The van der Waals surface area contributed by atoms with Crippen LogP contribution in [0.1, 0.15) is 11.1 Å². The first-order valence-electron chi connectivity index (χ1n) is 19.1. The number of para-hydroxylation sites is 1. The molecule has 9 heteroatoms. The molecule has 4 heterocycles. The standard InChI is InChI=1S/C50H30ClN7S/c51-49-54-45(32-12-4-1-5-13-32)52-46(55-49)35-22-20-31(21-23-35)36-25-28-42-37(30-36)24-26-39-43(59-42)29-27-41-44(39)38-18-10-11-19-40(38)58(41)50-56-47(33-14-6-2-7-15-33)53-48(57-50)34-16-8-3-9-17-34/h1-30H. The van der Waals surface area contributed by atoms with Crippen molar-refractivity contribution in [2.45, 2.75) is 9.79 Å². The highest BCUT2D eigenvalue weighted by atomic mass is 35.5. The van der Waals surface area contributed by atoms with E-state index in [0.717, 1.165) is 66.3 Å². The van der Waals surface area contributed by atoms with Crippen LogP contribution in [0.2, 0.25) is 5.28 Å². The first-order valence-corrected chi connectivity index (χ1v) is 20.3. The van der Waals surface area contributed by atoms with Gasteiger partial charge in [-0.1, -0.05) is 163 Å². The van der Waals surface area contributed by atoms with Crippen LogP contribution >= 0.6 is 23.4 Å². The third kappa shape index (κ3) is 6.45. The molecule has 1 aliphatic rings. The lowest BCUT2D eigenvalue weighted by Crippen LogP contribution is -2.06. The average Bonchev–Trinajstić information content (AvgIpc) is 3.52. The molecule has 0 atom stereocenters. The number of hydrogen-bond donors (Lipinski definition) is 0. The van der Waals surface area contributed by atoms with Gasteiger partial charge in [0, 0.05) is 42.8 Å². The maximum atomic E-state index is 6.36. The highest BCUT2D eigenvalue weighted by molar-refractivity contribution is 7.99. The topological polar surface area (TPSA) is 82.3 Å². The van der Waals surface area contributed by atoms with Crippen LogP contribution < -0.4 is 0 Å². The van der Waals surface area contributed by atoms with Crippen LogP contribution in [0.25, 0.3) is 96.6 Å². The fourth-order valence-electron chi connectivity index (χ4n) is 7.69. The molecule has 7 aromatic carbocycles. The maximum Gasteiger partial charge on any atom is 0.238 e. The van der Waals surface area contributed by atoms with Crippen molar-refractivity contribution in [1.82, 2.24) is 34.5 Å². The number of fused-ring (bicyclic) bond motifs is 6.